The van der Waals surface area contributed by atoms with Crippen molar-refractivity contribution in [2.24, 2.45) is 5.73 Å². The lowest BCUT2D eigenvalue weighted by Gasteiger charge is -2.14. The number of amides is 2. The third-order valence-corrected chi connectivity index (χ3v) is 3.88. The van der Waals surface area contributed by atoms with Gasteiger partial charge in [-0.05, 0) is 25.1 Å². The summed E-state index contributed by atoms with van der Waals surface area (Å²) in [6.07, 6.45) is 2.44. The molecule has 3 aromatic rings. The van der Waals surface area contributed by atoms with Gasteiger partial charge in [-0.3, -0.25) is 9.59 Å². The molecule has 142 valence electrons. The monoisotopic (exact) mass is 387 g/mol. The lowest BCUT2D eigenvalue weighted by atomic mass is 10.1. The summed E-state index contributed by atoms with van der Waals surface area (Å²) in [4.78, 5) is 35.9. The number of hydrogen-bond acceptors (Lipinski definition) is 8. The molecule has 0 radical (unpaired) electrons. The van der Waals surface area contributed by atoms with Gasteiger partial charge in [0.15, 0.2) is 11.6 Å². The van der Waals surface area contributed by atoms with Crippen LogP contribution in [0.5, 0.6) is 0 Å². The van der Waals surface area contributed by atoms with E-state index in [1.54, 1.807) is 6.92 Å². The minimum Gasteiger partial charge on any atom is -0.364 e. The van der Waals surface area contributed by atoms with E-state index in [1.165, 1.54) is 41.6 Å². The lowest BCUT2D eigenvalue weighted by molar-refractivity contribution is 0.0937. The van der Waals surface area contributed by atoms with Gasteiger partial charge in [-0.15, -0.1) is 0 Å². The standard InChI is InChI=1S/C18H13N9O2/c1-10(26-18(29)13-3-11(6-19)2-12(4-13)7-20)17-24-9-25-27(17)15-5-14(16(21)28)22-8-23-15/h2-5,8-10H,1H3,(H2,21,28)(H,26,29)/t10-/m0/s1. The number of benzene rings is 1. The molecule has 0 saturated carbocycles. The first kappa shape index (κ1) is 19.1. The molecule has 0 aliphatic heterocycles. The molecule has 0 unspecified atom stereocenters. The molecule has 3 N–H and O–H groups in total. The van der Waals surface area contributed by atoms with Gasteiger partial charge in [0.1, 0.15) is 18.3 Å². The number of nitrogens with zero attached hydrogens (tertiary/aromatic N) is 7. The Morgan fingerprint density at radius 3 is 2.38 bits per heavy atom. The second-order valence-electron chi connectivity index (χ2n) is 5.87. The van der Waals surface area contributed by atoms with Crippen LogP contribution in [0.4, 0.5) is 0 Å². The van der Waals surface area contributed by atoms with Crippen molar-refractivity contribution in [3.05, 3.63) is 65.1 Å². The van der Waals surface area contributed by atoms with Gasteiger partial charge < -0.3 is 11.1 Å². The highest BCUT2D eigenvalue weighted by molar-refractivity contribution is 5.95. The Morgan fingerprint density at radius 2 is 1.76 bits per heavy atom. The second-order valence-corrected chi connectivity index (χ2v) is 5.87. The molecule has 0 aliphatic carbocycles. The minimum absolute atomic E-state index is 0.00508. The van der Waals surface area contributed by atoms with E-state index in [0.29, 0.717) is 5.82 Å². The Hall–Kier alpha value is -4.64. The molecule has 11 nitrogen and oxygen atoms in total. The van der Waals surface area contributed by atoms with E-state index < -0.39 is 17.9 Å². The van der Waals surface area contributed by atoms with Crippen LogP contribution in [0.2, 0.25) is 0 Å². The molecule has 0 bridgehead atoms. The maximum atomic E-state index is 12.6. The van der Waals surface area contributed by atoms with E-state index in [0.717, 1.165) is 0 Å². The van der Waals surface area contributed by atoms with E-state index in [2.05, 4.69) is 25.4 Å². The first-order valence-corrected chi connectivity index (χ1v) is 8.21. The van der Waals surface area contributed by atoms with Gasteiger partial charge in [0.05, 0.1) is 29.3 Å². The number of aromatic nitrogens is 5. The summed E-state index contributed by atoms with van der Waals surface area (Å²) in [5.74, 6) is -0.631. The van der Waals surface area contributed by atoms with E-state index >= 15 is 0 Å². The number of nitrogens with one attached hydrogen (secondary N) is 1. The zero-order valence-electron chi connectivity index (χ0n) is 15.1. The maximum Gasteiger partial charge on any atom is 0.267 e. The van der Waals surface area contributed by atoms with Gasteiger partial charge in [0.2, 0.25) is 0 Å². The molecule has 29 heavy (non-hydrogen) atoms. The Bertz CT molecular complexity index is 1150. The summed E-state index contributed by atoms with van der Waals surface area (Å²) in [6.45, 7) is 1.67. The molecule has 0 saturated heterocycles. The van der Waals surface area contributed by atoms with Crippen molar-refractivity contribution < 1.29 is 9.59 Å². The molecule has 2 aromatic heterocycles. The summed E-state index contributed by atoms with van der Waals surface area (Å²) < 4.78 is 1.34. The fourth-order valence-corrected chi connectivity index (χ4v) is 2.55. The van der Waals surface area contributed by atoms with Crippen molar-refractivity contribution in [3.8, 4) is 18.0 Å². The molecular weight excluding hydrogens is 374 g/mol. The van der Waals surface area contributed by atoms with Crippen LogP contribution in [0, 0.1) is 22.7 Å². The average Bonchev–Trinajstić information content (AvgIpc) is 3.23. The SMILES string of the molecule is C[C@H](NC(=O)c1cc(C#N)cc(C#N)c1)c1ncnn1-c1cc(C(N)=O)ncn1. The average molecular weight is 387 g/mol. The molecule has 0 spiro atoms. The first-order valence-electron chi connectivity index (χ1n) is 8.21. The third-order valence-electron chi connectivity index (χ3n) is 3.88. The number of carbonyl (C=O) groups is 2. The maximum absolute atomic E-state index is 12.6. The molecule has 0 fully saturated rings. The summed E-state index contributed by atoms with van der Waals surface area (Å²) in [6, 6.07) is 8.72. The minimum atomic E-state index is -0.720. The summed E-state index contributed by atoms with van der Waals surface area (Å²) in [5.41, 5.74) is 5.80. The number of carbonyl (C=O) groups excluding carboxylic acids is 2. The van der Waals surface area contributed by atoms with E-state index in [1.807, 2.05) is 12.1 Å². The molecule has 3 rings (SSSR count). The molecule has 1 atom stereocenters. The second kappa shape index (κ2) is 7.94. The van der Waals surface area contributed by atoms with E-state index in [-0.39, 0.29) is 28.2 Å². The van der Waals surface area contributed by atoms with Gasteiger partial charge in [-0.25, -0.2) is 15.0 Å². The quantitative estimate of drug-likeness (QED) is 0.631. The van der Waals surface area contributed by atoms with Gasteiger partial charge >= 0.3 is 0 Å². The number of hydrogen-bond donors (Lipinski definition) is 2. The number of rotatable bonds is 5. The molecular formula is C18H13N9O2. The van der Waals surface area contributed by atoms with Crippen molar-refractivity contribution in [3.63, 3.8) is 0 Å². The fraction of sp³-hybridized carbons (Fsp3) is 0.111. The summed E-state index contributed by atoms with van der Waals surface area (Å²) >= 11 is 0. The lowest BCUT2D eigenvalue weighted by Crippen LogP contribution is -2.29. The Balaban J connectivity index is 1.87. The predicted octanol–water partition coefficient (Wildman–Crippen LogP) is 0.391. The summed E-state index contributed by atoms with van der Waals surface area (Å²) in [5, 5.41) is 24.9. The van der Waals surface area contributed by atoms with Crippen molar-refractivity contribution in [2.75, 3.05) is 0 Å². The van der Waals surface area contributed by atoms with Crippen LogP contribution in [0.25, 0.3) is 5.82 Å². The van der Waals surface area contributed by atoms with Crippen LogP contribution >= 0.6 is 0 Å². The van der Waals surface area contributed by atoms with E-state index in [4.69, 9.17) is 16.3 Å². The number of nitriles is 2. The van der Waals surface area contributed by atoms with Crippen LogP contribution < -0.4 is 11.1 Å². The highest BCUT2D eigenvalue weighted by Crippen LogP contribution is 2.15. The molecule has 1 aromatic carbocycles. The van der Waals surface area contributed by atoms with E-state index in [9.17, 15) is 9.59 Å². The Morgan fingerprint density at radius 1 is 1.07 bits per heavy atom. The van der Waals surface area contributed by atoms with Crippen molar-refractivity contribution >= 4 is 11.8 Å². The normalized spacial score (nSPS) is 11.1. The zero-order chi connectivity index (χ0) is 21.0. The smallest absolute Gasteiger partial charge is 0.267 e. The van der Waals surface area contributed by atoms with Gasteiger partial charge in [-0.2, -0.15) is 20.3 Å². The number of primary amides is 1. The zero-order valence-corrected chi connectivity index (χ0v) is 15.1. The highest BCUT2D eigenvalue weighted by atomic mass is 16.2. The highest BCUT2D eigenvalue weighted by Gasteiger charge is 2.19. The van der Waals surface area contributed by atoms with Crippen molar-refractivity contribution in [1.82, 2.24) is 30.0 Å². The van der Waals surface area contributed by atoms with Gasteiger partial charge in [0.25, 0.3) is 11.8 Å². The Labute approximate surface area is 164 Å². The third kappa shape index (κ3) is 4.04. The van der Waals surface area contributed by atoms with Crippen LogP contribution in [-0.2, 0) is 0 Å². The van der Waals surface area contributed by atoms with Gasteiger partial charge in [0, 0.05) is 11.6 Å². The summed E-state index contributed by atoms with van der Waals surface area (Å²) in [7, 11) is 0. The topological polar surface area (TPSA) is 176 Å². The van der Waals surface area contributed by atoms with Crippen LogP contribution in [-0.4, -0.2) is 36.5 Å². The van der Waals surface area contributed by atoms with Crippen LogP contribution in [0.3, 0.4) is 0 Å². The van der Waals surface area contributed by atoms with Crippen molar-refractivity contribution in [2.45, 2.75) is 13.0 Å². The first-order chi connectivity index (χ1) is 13.9. The molecule has 2 amide bonds. The van der Waals surface area contributed by atoms with Crippen LogP contribution in [0.15, 0.2) is 36.9 Å². The fourth-order valence-electron chi connectivity index (χ4n) is 2.55. The molecule has 2 heterocycles. The molecule has 0 aliphatic rings. The van der Waals surface area contributed by atoms with Gasteiger partial charge in [-0.1, -0.05) is 0 Å². The number of nitrogens with two attached hydrogens (primary N) is 1. The largest absolute Gasteiger partial charge is 0.364 e. The molecule has 11 heteroatoms. The Kier molecular flexibility index (Phi) is 5.24. The van der Waals surface area contributed by atoms with Crippen molar-refractivity contribution in [1.29, 1.82) is 10.5 Å². The predicted molar refractivity (Wildman–Crippen MR) is 97.2 cm³/mol. The van der Waals surface area contributed by atoms with Crippen LogP contribution in [0.1, 0.15) is 50.8 Å².